The predicted octanol–water partition coefficient (Wildman–Crippen LogP) is 19.1. The van der Waals surface area contributed by atoms with Crippen LogP contribution in [0.2, 0.25) is 0 Å². The average Bonchev–Trinajstić information content (AvgIpc) is 3.76. The Morgan fingerprint density at radius 3 is 1.42 bits per heavy atom. The summed E-state index contributed by atoms with van der Waals surface area (Å²) in [6.07, 6.45) is 0. The van der Waals surface area contributed by atoms with Crippen molar-refractivity contribution in [3.8, 4) is 44.5 Å². The molecule has 0 saturated carbocycles. The maximum atomic E-state index is 2.47. The highest BCUT2D eigenvalue weighted by atomic mass is 15.1. The number of anilines is 3. The lowest BCUT2D eigenvalue weighted by atomic mass is 9.67. The molecule has 0 radical (unpaired) electrons. The van der Waals surface area contributed by atoms with Gasteiger partial charge in [-0.3, -0.25) is 0 Å². The van der Waals surface area contributed by atoms with Crippen LogP contribution >= 0.6 is 0 Å². The molecule has 0 aromatic heterocycles. The molecule has 336 valence electrons. The van der Waals surface area contributed by atoms with E-state index >= 15 is 0 Å². The van der Waals surface area contributed by atoms with Crippen LogP contribution < -0.4 is 4.90 Å². The Kier molecular flexibility index (Phi) is 9.82. The minimum Gasteiger partial charge on any atom is -0.310 e. The van der Waals surface area contributed by atoms with Gasteiger partial charge in [-0.15, -0.1) is 0 Å². The third-order valence-corrected chi connectivity index (χ3v) is 15.3. The number of hydrogen-bond acceptors (Lipinski definition) is 1. The summed E-state index contributed by atoms with van der Waals surface area (Å²) in [6, 6.07) is 106. The highest BCUT2D eigenvalue weighted by Crippen LogP contribution is 2.57. The second-order valence-electron chi connectivity index (χ2n) is 19.1. The third-order valence-electron chi connectivity index (χ3n) is 15.3. The summed E-state index contributed by atoms with van der Waals surface area (Å²) in [5.74, 6) is 0. The first-order chi connectivity index (χ1) is 35.7. The molecule has 14 rings (SSSR count). The van der Waals surface area contributed by atoms with Gasteiger partial charge >= 0.3 is 0 Å². The van der Waals surface area contributed by atoms with Gasteiger partial charge in [0.2, 0.25) is 0 Å². The summed E-state index contributed by atoms with van der Waals surface area (Å²) in [5.41, 5.74) is 17.7. The SMILES string of the molecule is c1ccc(-c2c(-c3ccccc3)c3cc(-c4ccc(N(c5ccc6c(c5)C(c5ccccc5)(c5ccccc5)c5ccccc5-6)c5ccc6c(ccc7ccccc76)c5)cc4)ccc3c3ccccc23)cc1. The molecule has 0 spiro atoms. The van der Waals surface area contributed by atoms with E-state index < -0.39 is 5.41 Å². The van der Waals surface area contributed by atoms with E-state index in [0.717, 1.165) is 22.6 Å². The molecule has 1 aliphatic rings. The minimum atomic E-state index is -0.525. The molecule has 0 unspecified atom stereocenters. The van der Waals surface area contributed by atoms with E-state index in [9.17, 15) is 0 Å². The first-order valence-electron chi connectivity index (χ1n) is 25.0. The summed E-state index contributed by atoms with van der Waals surface area (Å²) in [5, 5.41) is 9.97. The summed E-state index contributed by atoms with van der Waals surface area (Å²) in [4.78, 5) is 2.45. The van der Waals surface area contributed by atoms with Crippen LogP contribution in [0.25, 0.3) is 87.6 Å². The smallest absolute Gasteiger partial charge is 0.0714 e. The van der Waals surface area contributed by atoms with Gasteiger partial charge in [0.1, 0.15) is 0 Å². The monoisotopic (exact) mass is 913 g/mol. The van der Waals surface area contributed by atoms with E-state index in [1.165, 1.54) is 104 Å². The fraction of sp³-hybridized carbons (Fsp3) is 0.0141. The quantitative estimate of drug-likeness (QED) is 0.137. The van der Waals surface area contributed by atoms with Crippen LogP contribution in [0.15, 0.2) is 285 Å². The van der Waals surface area contributed by atoms with Crippen molar-refractivity contribution >= 4 is 60.2 Å². The lowest BCUT2D eigenvalue weighted by Gasteiger charge is -2.35. The molecule has 0 fully saturated rings. The van der Waals surface area contributed by atoms with Gasteiger partial charge in [-0.2, -0.15) is 0 Å². The number of nitrogens with zero attached hydrogens (tertiary/aromatic N) is 1. The van der Waals surface area contributed by atoms with Gasteiger partial charge in [0.15, 0.2) is 0 Å². The molecule has 13 aromatic carbocycles. The van der Waals surface area contributed by atoms with Crippen LogP contribution in [0.4, 0.5) is 17.1 Å². The Balaban J connectivity index is 0.965. The molecule has 13 aromatic rings. The van der Waals surface area contributed by atoms with Gasteiger partial charge in [0.25, 0.3) is 0 Å². The zero-order valence-electron chi connectivity index (χ0n) is 39.6. The first kappa shape index (κ1) is 41.7. The lowest BCUT2D eigenvalue weighted by molar-refractivity contribution is 0.768. The van der Waals surface area contributed by atoms with Crippen LogP contribution in [0.3, 0.4) is 0 Å². The van der Waals surface area contributed by atoms with E-state index in [1.54, 1.807) is 0 Å². The Morgan fingerprint density at radius 2 is 0.708 bits per heavy atom. The van der Waals surface area contributed by atoms with Gasteiger partial charge in [0.05, 0.1) is 5.41 Å². The third kappa shape index (κ3) is 6.55. The highest BCUT2D eigenvalue weighted by molar-refractivity contribution is 6.22. The van der Waals surface area contributed by atoms with Crippen molar-refractivity contribution in [2.24, 2.45) is 0 Å². The van der Waals surface area contributed by atoms with Crippen LogP contribution in [0, 0.1) is 0 Å². The second kappa shape index (κ2) is 17.0. The van der Waals surface area contributed by atoms with Crippen molar-refractivity contribution in [1.29, 1.82) is 0 Å². The molecule has 0 N–H and O–H groups in total. The summed E-state index contributed by atoms with van der Waals surface area (Å²) >= 11 is 0. The maximum absolute atomic E-state index is 2.47. The number of benzene rings is 13. The van der Waals surface area contributed by atoms with E-state index in [-0.39, 0.29) is 0 Å². The maximum Gasteiger partial charge on any atom is 0.0714 e. The highest BCUT2D eigenvalue weighted by Gasteiger charge is 2.46. The van der Waals surface area contributed by atoms with Crippen LogP contribution in [-0.2, 0) is 5.41 Å². The lowest BCUT2D eigenvalue weighted by Crippen LogP contribution is -2.28. The number of hydrogen-bond donors (Lipinski definition) is 0. The Morgan fingerprint density at radius 1 is 0.236 bits per heavy atom. The van der Waals surface area contributed by atoms with Crippen molar-refractivity contribution in [3.63, 3.8) is 0 Å². The molecule has 0 heterocycles. The van der Waals surface area contributed by atoms with Crippen LogP contribution in [0.1, 0.15) is 22.3 Å². The van der Waals surface area contributed by atoms with E-state index in [4.69, 9.17) is 0 Å². The van der Waals surface area contributed by atoms with Crippen molar-refractivity contribution in [1.82, 2.24) is 0 Å². The zero-order valence-corrected chi connectivity index (χ0v) is 39.6. The molecule has 1 nitrogen and oxygen atoms in total. The number of rotatable bonds is 8. The molecule has 0 amide bonds. The van der Waals surface area contributed by atoms with Gasteiger partial charge < -0.3 is 4.90 Å². The van der Waals surface area contributed by atoms with Crippen molar-refractivity contribution < 1.29 is 0 Å². The normalized spacial score (nSPS) is 12.6. The summed E-state index contributed by atoms with van der Waals surface area (Å²) < 4.78 is 0. The molecular weight excluding hydrogens is 867 g/mol. The molecule has 0 bridgehead atoms. The van der Waals surface area contributed by atoms with E-state index in [0.29, 0.717) is 0 Å². The summed E-state index contributed by atoms with van der Waals surface area (Å²) in [7, 11) is 0. The molecule has 1 heteroatoms. The Labute approximate surface area is 420 Å². The van der Waals surface area contributed by atoms with E-state index in [2.05, 4.69) is 290 Å². The second-order valence-corrected chi connectivity index (χ2v) is 19.1. The Hall–Kier alpha value is -9.30. The standard InChI is InChI=1S/C71H47N/c1-5-20-50(21-6-1)69-65-31-16-15-29-61(65)62-42-37-52(46-66(62)70(69)51-22-7-2-8-23-51)48-35-38-56(39-36-48)72(57-40-43-60-53(45-57)34-33-49-19-13-14-28-59(49)60)58-41-44-64-63-30-17-18-32-67(63)71(68(64)47-58,54-24-9-3-10-25-54)55-26-11-4-12-27-55/h1-47H. The minimum absolute atomic E-state index is 0.525. The zero-order chi connectivity index (χ0) is 47.6. The molecule has 0 saturated heterocycles. The van der Waals surface area contributed by atoms with E-state index in [1.807, 2.05) is 0 Å². The average molecular weight is 914 g/mol. The van der Waals surface area contributed by atoms with Gasteiger partial charge in [0, 0.05) is 17.1 Å². The molecule has 0 atom stereocenters. The van der Waals surface area contributed by atoms with Gasteiger partial charge in [-0.1, -0.05) is 243 Å². The molecular formula is C71H47N. The fourth-order valence-corrected chi connectivity index (χ4v) is 12.1. The first-order valence-corrected chi connectivity index (χ1v) is 25.0. The fourth-order valence-electron chi connectivity index (χ4n) is 12.1. The summed E-state index contributed by atoms with van der Waals surface area (Å²) in [6.45, 7) is 0. The molecule has 72 heavy (non-hydrogen) atoms. The topological polar surface area (TPSA) is 3.24 Å². The van der Waals surface area contributed by atoms with Crippen molar-refractivity contribution in [2.45, 2.75) is 5.41 Å². The van der Waals surface area contributed by atoms with Gasteiger partial charge in [-0.05, 0) is 152 Å². The largest absolute Gasteiger partial charge is 0.310 e. The molecule has 1 aliphatic carbocycles. The van der Waals surface area contributed by atoms with Crippen LogP contribution in [-0.4, -0.2) is 0 Å². The van der Waals surface area contributed by atoms with Crippen LogP contribution in [0.5, 0.6) is 0 Å². The molecule has 0 aliphatic heterocycles. The van der Waals surface area contributed by atoms with Crippen molar-refractivity contribution in [2.75, 3.05) is 4.90 Å². The number of fused-ring (bicyclic) bond motifs is 9. The predicted molar refractivity (Wildman–Crippen MR) is 305 cm³/mol. The Bertz CT molecular complexity index is 4140. The van der Waals surface area contributed by atoms with Gasteiger partial charge in [-0.25, -0.2) is 0 Å². The van der Waals surface area contributed by atoms with Crippen molar-refractivity contribution in [3.05, 3.63) is 307 Å².